The SMILES string of the molecule is Cc1cc(=O)n2nc(CN3CCC(C(=O)O)C3)sc2n1. The van der Waals surface area contributed by atoms with Crippen molar-refractivity contribution in [3.05, 3.63) is 27.1 Å². The molecule has 0 bridgehead atoms. The molecule has 0 aromatic carbocycles. The molecule has 1 saturated heterocycles. The van der Waals surface area contributed by atoms with Gasteiger partial charge < -0.3 is 5.11 Å². The molecule has 1 unspecified atom stereocenters. The summed E-state index contributed by atoms with van der Waals surface area (Å²) < 4.78 is 1.30. The van der Waals surface area contributed by atoms with Gasteiger partial charge in [-0.2, -0.15) is 9.61 Å². The lowest BCUT2D eigenvalue weighted by Crippen LogP contribution is -2.23. The van der Waals surface area contributed by atoms with E-state index in [2.05, 4.69) is 10.1 Å². The molecule has 1 aliphatic heterocycles. The summed E-state index contributed by atoms with van der Waals surface area (Å²) in [6.07, 6.45) is 0.664. The third-order valence-electron chi connectivity index (χ3n) is 3.40. The number of hydrogen-bond acceptors (Lipinski definition) is 6. The summed E-state index contributed by atoms with van der Waals surface area (Å²) in [4.78, 5) is 29.6. The van der Waals surface area contributed by atoms with E-state index in [9.17, 15) is 9.59 Å². The van der Waals surface area contributed by atoms with E-state index in [1.165, 1.54) is 21.9 Å². The van der Waals surface area contributed by atoms with Crippen molar-refractivity contribution in [1.29, 1.82) is 0 Å². The average molecular weight is 294 g/mol. The van der Waals surface area contributed by atoms with Gasteiger partial charge in [0.25, 0.3) is 5.56 Å². The minimum atomic E-state index is -0.745. The summed E-state index contributed by atoms with van der Waals surface area (Å²) in [6, 6.07) is 1.45. The third kappa shape index (κ3) is 2.44. The minimum Gasteiger partial charge on any atom is -0.481 e. The van der Waals surface area contributed by atoms with Gasteiger partial charge in [0.2, 0.25) is 4.96 Å². The molecule has 20 heavy (non-hydrogen) atoms. The molecule has 7 nitrogen and oxygen atoms in total. The highest BCUT2D eigenvalue weighted by Gasteiger charge is 2.28. The Kier molecular flexibility index (Phi) is 3.27. The Morgan fingerprint density at radius 3 is 3.10 bits per heavy atom. The first-order valence-electron chi connectivity index (χ1n) is 6.34. The second-order valence-corrected chi connectivity index (χ2v) is 6.03. The van der Waals surface area contributed by atoms with E-state index in [0.717, 1.165) is 11.6 Å². The molecule has 1 N–H and O–H groups in total. The largest absolute Gasteiger partial charge is 0.481 e. The van der Waals surface area contributed by atoms with Crippen molar-refractivity contribution >= 4 is 22.3 Å². The Labute approximate surface area is 118 Å². The van der Waals surface area contributed by atoms with E-state index >= 15 is 0 Å². The van der Waals surface area contributed by atoms with E-state index in [0.29, 0.717) is 30.2 Å². The van der Waals surface area contributed by atoms with Gasteiger partial charge in [0.1, 0.15) is 5.01 Å². The molecular formula is C12H14N4O3S. The van der Waals surface area contributed by atoms with Crippen LogP contribution in [0.4, 0.5) is 0 Å². The van der Waals surface area contributed by atoms with Crippen LogP contribution in [0.5, 0.6) is 0 Å². The second-order valence-electron chi connectivity index (χ2n) is 4.98. The zero-order chi connectivity index (χ0) is 14.3. The maximum atomic E-state index is 11.8. The van der Waals surface area contributed by atoms with E-state index in [-0.39, 0.29) is 11.5 Å². The monoisotopic (exact) mass is 294 g/mol. The molecule has 2 aromatic heterocycles. The molecule has 0 amide bonds. The van der Waals surface area contributed by atoms with Crippen LogP contribution in [0.1, 0.15) is 17.1 Å². The maximum absolute atomic E-state index is 11.8. The van der Waals surface area contributed by atoms with Crippen molar-refractivity contribution < 1.29 is 9.90 Å². The summed E-state index contributed by atoms with van der Waals surface area (Å²) >= 11 is 1.37. The fourth-order valence-corrected chi connectivity index (χ4v) is 3.38. The zero-order valence-electron chi connectivity index (χ0n) is 10.9. The molecule has 1 aliphatic rings. The number of hydrogen-bond donors (Lipinski definition) is 1. The fourth-order valence-electron chi connectivity index (χ4n) is 2.39. The number of aryl methyl sites for hydroxylation is 1. The van der Waals surface area contributed by atoms with Crippen LogP contribution in [-0.4, -0.2) is 43.7 Å². The third-order valence-corrected chi connectivity index (χ3v) is 4.29. The van der Waals surface area contributed by atoms with Gasteiger partial charge >= 0.3 is 5.97 Å². The Morgan fingerprint density at radius 2 is 2.40 bits per heavy atom. The van der Waals surface area contributed by atoms with Crippen LogP contribution in [0.2, 0.25) is 0 Å². The molecule has 1 fully saturated rings. The number of carbonyl (C=O) groups is 1. The fraction of sp³-hybridized carbons (Fsp3) is 0.500. The van der Waals surface area contributed by atoms with Crippen LogP contribution in [-0.2, 0) is 11.3 Å². The summed E-state index contributed by atoms with van der Waals surface area (Å²) in [6.45, 7) is 3.62. The van der Waals surface area contributed by atoms with Crippen LogP contribution >= 0.6 is 11.3 Å². The normalized spacial score (nSPS) is 19.8. The summed E-state index contributed by atoms with van der Waals surface area (Å²) in [5.41, 5.74) is 0.497. The molecule has 0 saturated carbocycles. The molecule has 8 heteroatoms. The van der Waals surface area contributed by atoms with Crippen molar-refractivity contribution in [2.75, 3.05) is 13.1 Å². The lowest BCUT2D eigenvalue weighted by Gasteiger charge is -2.12. The first kappa shape index (κ1) is 13.2. The maximum Gasteiger partial charge on any atom is 0.307 e. The first-order chi connectivity index (χ1) is 9.52. The number of nitrogens with zero attached hydrogens (tertiary/aromatic N) is 4. The number of aliphatic carboxylic acids is 1. The summed E-state index contributed by atoms with van der Waals surface area (Å²) in [5.74, 6) is -1.04. The second kappa shape index (κ2) is 4.95. The number of fused-ring (bicyclic) bond motifs is 1. The predicted molar refractivity (Wildman–Crippen MR) is 72.9 cm³/mol. The molecule has 0 aliphatic carbocycles. The predicted octanol–water partition coefficient (Wildman–Crippen LogP) is 0.366. The number of aromatic nitrogens is 3. The van der Waals surface area contributed by atoms with Gasteiger partial charge in [0, 0.05) is 18.3 Å². The van der Waals surface area contributed by atoms with Gasteiger partial charge in [0.05, 0.1) is 12.5 Å². The van der Waals surface area contributed by atoms with Crippen molar-refractivity contribution in [3.63, 3.8) is 0 Å². The van der Waals surface area contributed by atoms with Crippen molar-refractivity contribution in [1.82, 2.24) is 19.5 Å². The zero-order valence-corrected chi connectivity index (χ0v) is 11.8. The van der Waals surface area contributed by atoms with Crippen LogP contribution in [0.15, 0.2) is 10.9 Å². The van der Waals surface area contributed by atoms with Crippen LogP contribution < -0.4 is 5.56 Å². The highest BCUT2D eigenvalue weighted by atomic mass is 32.1. The van der Waals surface area contributed by atoms with Crippen LogP contribution in [0, 0.1) is 12.8 Å². The minimum absolute atomic E-state index is 0.181. The van der Waals surface area contributed by atoms with Crippen molar-refractivity contribution in [3.8, 4) is 0 Å². The highest BCUT2D eigenvalue weighted by Crippen LogP contribution is 2.20. The van der Waals surface area contributed by atoms with E-state index < -0.39 is 5.97 Å². The standard InChI is InChI=1S/C12H14N4O3S/c1-7-4-10(17)16-12(13-7)20-9(14-16)6-15-3-2-8(5-15)11(18)19/h4,8H,2-3,5-6H2,1H3,(H,18,19). The number of likely N-dealkylation sites (tertiary alicyclic amines) is 1. The Bertz CT molecular complexity index is 723. The Balaban J connectivity index is 1.80. The molecule has 106 valence electrons. The molecule has 1 atom stereocenters. The Hall–Kier alpha value is -1.80. The van der Waals surface area contributed by atoms with Gasteiger partial charge in [0.15, 0.2) is 0 Å². The first-order valence-corrected chi connectivity index (χ1v) is 7.16. The van der Waals surface area contributed by atoms with Gasteiger partial charge in [-0.3, -0.25) is 14.5 Å². The van der Waals surface area contributed by atoms with Crippen LogP contribution in [0.3, 0.4) is 0 Å². The smallest absolute Gasteiger partial charge is 0.307 e. The highest BCUT2D eigenvalue weighted by molar-refractivity contribution is 7.16. The average Bonchev–Trinajstić information content (AvgIpc) is 2.96. The summed E-state index contributed by atoms with van der Waals surface area (Å²) in [5, 5.41) is 14.0. The lowest BCUT2D eigenvalue weighted by atomic mass is 10.1. The molecular weight excluding hydrogens is 280 g/mol. The van der Waals surface area contributed by atoms with Gasteiger partial charge in [-0.25, -0.2) is 4.98 Å². The molecule has 3 heterocycles. The Morgan fingerprint density at radius 1 is 1.60 bits per heavy atom. The summed E-state index contributed by atoms with van der Waals surface area (Å²) in [7, 11) is 0. The molecule has 3 rings (SSSR count). The van der Waals surface area contributed by atoms with Crippen molar-refractivity contribution in [2.24, 2.45) is 5.92 Å². The van der Waals surface area contributed by atoms with E-state index in [1.807, 2.05) is 4.90 Å². The number of carboxylic acids is 1. The number of rotatable bonds is 3. The van der Waals surface area contributed by atoms with Crippen LogP contribution in [0.25, 0.3) is 4.96 Å². The molecule has 0 radical (unpaired) electrons. The van der Waals surface area contributed by atoms with Crippen molar-refractivity contribution in [2.45, 2.75) is 19.9 Å². The topological polar surface area (TPSA) is 87.8 Å². The van der Waals surface area contributed by atoms with Gasteiger partial charge in [-0.1, -0.05) is 11.3 Å². The van der Waals surface area contributed by atoms with Gasteiger partial charge in [-0.15, -0.1) is 0 Å². The lowest BCUT2D eigenvalue weighted by molar-refractivity contribution is -0.141. The quantitative estimate of drug-likeness (QED) is 0.879. The van der Waals surface area contributed by atoms with E-state index in [4.69, 9.17) is 5.11 Å². The molecule has 2 aromatic rings. The van der Waals surface area contributed by atoms with Gasteiger partial charge in [-0.05, 0) is 19.9 Å². The number of carboxylic acid groups (broad SMARTS) is 1. The molecule has 0 spiro atoms. The van der Waals surface area contributed by atoms with E-state index in [1.54, 1.807) is 6.92 Å².